The lowest BCUT2D eigenvalue weighted by Gasteiger charge is -2.05. The summed E-state index contributed by atoms with van der Waals surface area (Å²) in [4.78, 5) is 18.0. The Bertz CT molecular complexity index is 1070. The van der Waals surface area contributed by atoms with Crippen molar-refractivity contribution < 1.29 is 9.53 Å². The van der Waals surface area contributed by atoms with Crippen molar-refractivity contribution in [2.45, 2.75) is 13.3 Å². The van der Waals surface area contributed by atoms with E-state index in [0.29, 0.717) is 17.4 Å². The zero-order valence-electron chi connectivity index (χ0n) is 14.2. The predicted octanol–water partition coefficient (Wildman–Crippen LogP) is 4.04. The van der Waals surface area contributed by atoms with Gasteiger partial charge < -0.3 is 10.1 Å². The standard InChI is InChI=1S/C18H16N4O2S2/c1-11-8-16(20-17(23)10-13-4-3-7-25-13)22(21-11)18-19-14-9-12(24-2)5-6-15(14)26-18/h3-9H,10H2,1-2H3,(H,20,23). The number of nitrogens with zero attached hydrogens (tertiary/aromatic N) is 3. The predicted molar refractivity (Wildman–Crippen MR) is 105 cm³/mol. The molecular formula is C18H16N4O2S2. The maximum atomic E-state index is 12.3. The van der Waals surface area contributed by atoms with Crippen LogP contribution in [0.3, 0.4) is 0 Å². The molecular weight excluding hydrogens is 368 g/mol. The Morgan fingerprint density at radius 3 is 2.96 bits per heavy atom. The van der Waals surface area contributed by atoms with E-state index in [-0.39, 0.29) is 5.91 Å². The van der Waals surface area contributed by atoms with E-state index in [9.17, 15) is 4.79 Å². The largest absolute Gasteiger partial charge is 0.497 e. The monoisotopic (exact) mass is 384 g/mol. The van der Waals surface area contributed by atoms with Gasteiger partial charge in [0.2, 0.25) is 11.0 Å². The number of ether oxygens (including phenoxy) is 1. The molecule has 26 heavy (non-hydrogen) atoms. The van der Waals surface area contributed by atoms with Crippen molar-refractivity contribution >= 4 is 44.6 Å². The Kier molecular flexibility index (Phi) is 4.44. The summed E-state index contributed by atoms with van der Waals surface area (Å²) in [5.74, 6) is 1.31. The number of aryl methyl sites for hydroxylation is 1. The van der Waals surface area contributed by atoms with Gasteiger partial charge in [-0.25, -0.2) is 4.98 Å². The number of nitrogens with one attached hydrogen (secondary N) is 1. The van der Waals surface area contributed by atoms with Crippen LogP contribution in [-0.4, -0.2) is 27.8 Å². The third-order valence-electron chi connectivity index (χ3n) is 3.78. The van der Waals surface area contributed by atoms with Gasteiger partial charge >= 0.3 is 0 Å². The molecule has 4 aromatic rings. The number of thiophene rings is 1. The number of aromatic nitrogens is 3. The van der Waals surface area contributed by atoms with E-state index in [1.54, 1.807) is 23.1 Å². The van der Waals surface area contributed by atoms with Gasteiger partial charge in [0.15, 0.2) is 0 Å². The first-order chi connectivity index (χ1) is 12.6. The minimum atomic E-state index is -0.0728. The summed E-state index contributed by atoms with van der Waals surface area (Å²) in [5.41, 5.74) is 1.65. The lowest BCUT2D eigenvalue weighted by molar-refractivity contribution is -0.115. The topological polar surface area (TPSA) is 69.0 Å². The zero-order chi connectivity index (χ0) is 18.1. The molecule has 0 unspecified atom stereocenters. The number of methoxy groups -OCH3 is 1. The first-order valence-corrected chi connectivity index (χ1v) is 9.66. The molecule has 0 radical (unpaired) electrons. The van der Waals surface area contributed by atoms with E-state index in [4.69, 9.17) is 4.74 Å². The molecule has 4 rings (SSSR count). The average molecular weight is 384 g/mol. The number of rotatable bonds is 5. The second-order valence-electron chi connectivity index (χ2n) is 5.72. The second kappa shape index (κ2) is 6.89. The van der Waals surface area contributed by atoms with Crippen LogP contribution in [0.25, 0.3) is 15.3 Å². The second-order valence-corrected chi connectivity index (χ2v) is 7.76. The number of thiazole rings is 1. The Morgan fingerprint density at radius 2 is 2.19 bits per heavy atom. The van der Waals surface area contributed by atoms with Crippen LogP contribution in [0.4, 0.5) is 5.82 Å². The van der Waals surface area contributed by atoms with E-state index in [0.717, 1.165) is 26.5 Å². The summed E-state index contributed by atoms with van der Waals surface area (Å²) >= 11 is 3.08. The van der Waals surface area contributed by atoms with Crippen LogP contribution in [-0.2, 0) is 11.2 Å². The highest BCUT2D eigenvalue weighted by Crippen LogP contribution is 2.29. The van der Waals surface area contributed by atoms with Gasteiger partial charge in [0.1, 0.15) is 11.6 Å². The van der Waals surface area contributed by atoms with Crippen molar-refractivity contribution in [1.29, 1.82) is 0 Å². The fourth-order valence-corrected chi connectivity index (χ4v) is 4.22. The van der Waals surface area contributed by atoms with E-state index >= 15 is 0 Å². The first kappa shape index (κ1) is 16.7. The molecule has 1 aromatic carbocycles. The van der Waals surface area contributed by atoms with Gasteiger partial charge in [-0.2, -0.15) is 9.78 Å². The highest BCUT2D eigenvalue weighted by atomic mass is 32.1. The molecule has 6 nitrogen and oxygen atoms in total. The number of carbonyl (C=O) groups is 1. The van der Waals surface area contributed by atoms with Crippen molar-refractivity contribution in [3.05, 3.63) is 52.3 Å². The molecule has 0 aliphatic heterocycles. The molecule has 1 N–H and O–H groups in total. The van der Waals surface area contributed by atoms with Crippen molar-refractivity contribution in [2.75, 3.05) is 12.4 Å². The Morgan fingerprint density at radius 1 is 1.31 bits per heavy atom. The van der Waals surface area contributed by atoms with Crippen LogP contribution in [0.1, 0.15) is 10.6 Å². The van der Waals surface area contributed by atoms with Gasteiger partial charge in [-0.05, 0) is 30.5 Å². The van der Waals surface area contributed by atoms with E-state index in [2.05, 4.69) is 15.4 Å². The summed E-state index contributed by atoms with van der Waals surface area (Å²) in [7, 11) is 1.63. The Hall–Kier alpha value is -2.71. The molecule has 3 aromatic heterocycles. The lowest BCUT2D eigenvalue weighted by Crippen LogP contribution is -2.16. The van der Waals surface area contributed by atoms with Gasteiger partial charge in [0, 0.05) is 17.0 Å². The highest BCUT2D eigenvalue weighted by molar-refractivity contribution is 7.20. The first-order valence-electron chi connectivity index (χ1n) is 7.96. The number of fused-ring (bicyclic) bond motifs is 1. The fraction of sp³-hybridized carbons (Fsp3) is 0.167. The van der Waals surface area contributed by atoms with Crippen LogP contribution >= 0.6 is 22.7 Å². The number of anilines is 1. The molecule has 0 fully saturated rings. The molecule has 132 valence electrons. The Labute approximate surface area is 158 Å². The van der Waals surface area contributed by atoms with E-state index in [1.807, 2.05) is 48.7 Å². The van der Waals surface area contributed by atoms with Crippen LogP contribution in [0.5, 0.6) is 5.75 Å². The van der Waals surface area contributed by atoms with Crippen molar-refractivity contribution in [2.24, 2.45) is 0 Å². The third-order valence-corrected chi connectivity index (χ3v) is 5.67. The van der Waals surface area contributed by atoms with Crippen LogP contribution < -0.4 is 10.1 Å². The van der Waals surface area contributed by atoms with Crippen LogP contribution in [0, 0.1) is 6.92 Å². The quantitative estimate of drug-likeness (QED) is 0.564. The summed E-state index contributed by atoms with van der Waals surface area (Å²) in [6.45, 7) is 1.89. The van der Waals surface area contributed by atoms with E-state index in [1.165, 1.54) is 11.3 Å². The average Bonchev–Trinajstić information content (AvgIpc) is 3.33. The summed E-state index contributed by atoms with van der Waals surface area (Å²) < 4.78 is 7.97. The molecule has 0 saturated carbocycles. The van der Waals surface area contributed by atoms with Gasteiger partial charge in [0.25, 0.3) is 0 Å². The fourth-order valence-electron chi connectivity index (χ4n) is 2.61. The molecule has 0 aliphatic carbocycles. The van der Waals surface area contributed by atoms with Crippen molar-refractivity contribution in [3.8, 4) is 10.9 Å². The molecule has 8 heteroatoms. The number of hydrogen-bond acceptors (Lipinski definition) is 6. The van der Waals surface area contributed by atoms with Crippen LogP contribution in [0.15, 0.2) is 41.8 Å². The molecule has 0 bridgehead atoms. The van der Waals surface area contributed by atoms with Crippen molar-refractivity contribution in [3.63, 3.8) is 0 Å². The maximum Gasteiger partial charge on any atom is 0.230 e. The molecule has 3 heterocycles. The lowest BCUT2D eigenvalue weighted by atomic mass is 10.3. The maximum absolute atomic E-state index is 12.3. The minimum Gasteiger partial charge on any atom is -0.497 e. The number of hydrogen-bond donors (Lipinski definition) is 1. The third kappa shape index (κ3) is 3.33. The van der Waals surface area contributed by atoms with Gasteiger partial charge in [0.05, 0.1) is 29.4 Å². The summed E-state index contributed by atoms with van der Waals surface area (Å²) in [6, 6.07) is 11.5. The Balaban J connectivity index is 1.64. The summed E-state index contributed by atoms with van der Waals surface area (Å²) in [5, 5.41) is 10.1. The number of amides is 1. The number of carbonyl (C=O) groups excluding carboxylic acids is 1. The number of benzene rings is 1. The summed E-state index contributed by atoms with van der Waals surface area (Å²) in [6.07, 6.45) is 0.346. The molecule has 0 spiro atoms. The smallest absolute Gasteiger partial charge is 0.230 e. The zero-order valence-corrected chi connectivity index (χ0v) is 15.9. The molecule has 0 atom stereocenters. The molecule has 1 amide bonds. The van der Waals surface area contributed by atoms with Gasteiger partial charge in [-0.1, -0.05) is 17.4 Å². The van der Waals surface area contributed by atoms with Crippen LogP contribution in [0.2, 0.25) is 0 Å². The normalized spacial score (nSPS) is 11.0. The highest BCUT2D eigenvalue weighted by Gasteiger charge is 2.15. The van der Waals surface area contributed by atoms with Gasteiger partial charge in [-0.3, -0.25) is 4.79 Å². The minimum absolute atomic E-state index is 0.0728. The molecule has 0 saturated heterocycles. The SMILES string of the molecule is COc1ccc2sc(-n3nc(C)cc3NC(=O)Cc3cccs3)nc2c1. The van der Waals surface area contributed by atoms with Gasteiger partial charge in [-0.15, -0.1) is 11.3 Å². The van der Waals surface area contributed by atoms with Crippen molar-refractivity contribution in [1.82, 2.24) is 14.8 Å². The van der Waals surface area contributed by atoms with E-state index < -0.39 is 0 Å². The molecule has 0 aliphatic rings.